The van der Waals surface area contributed by atoms with Gasteiger partial charge in [-0.1, -0.05) is 12.1 Å². The van der Waals surface area contributed by atoms with Gasteiger partial charge in [0.05, 0.1) is 30.7 Å². The lowest BCUT2D eigenvalue weighted by atomic mass is 9.84. The SMILES string of the molecule is Cc1occc1C(=O)n1nc(C2C(=O)N(CC(=O)N3CCOCC3)C2C(F)(F)F)cc1OCc1ccc(F)cc1. The quantitative estimate of drug-likeness (QED) is 0.321. The Bertz CT molecular complexity index is 1410. The summed E-state index contributed by atoms with van der Waals surface area (Å²) in [6, 6.07) is 5.43. The van der Waals surface area contributed by atoms with Gasteiger partial charge in [-0.05, 0) is 30.7 Å². The van der Waals surface area contributed by atoms with E-state index in [1.54, 1.807) is 0 Å². The fraction of sp³-hybridized carbons (Fsp3) is 0.385. The van der Waals surface area contributed by atoms with Crippen LogP contribution < -0.4 is 4.74 Å². The van der Waals surface area contributed by atoms with Crippen molar-refractivity contribution >= 4 is 17.7 Å². The minimum absolute atomic E-state index is 0.0892. The van der Waals surface area contributed by atoms with E-state index in [9.17, 15) is 31.9 Å². The van der Waals surface area contributed by atoms with Crippen LogP contribution in [0.3, 0.4) is 0 Å². The summed E-state index contributed by atoms with van der Waals surface area (Å²) >= 11 is 0. The summed E-state index contributed by atoms with van der Waals surface area (Å²) < 4.78 is 72.6. The third kappa shape index (κ3) is 5.30. The number of aromatic nitrogens is 2. The first kappa shape index (κ1) is 27.4. The molecule has 0 saturated carbocycles. The van der Waals surface area contributed by atoms with E-state index < -0.39 is 48.2 Å². The Labute approximate surface area is 225 Å². The van der Waals surface area contributed by atoms with E-state index >= 15 is 0 Å². The molecule has 0 aliphatic carbocycles. The van der Waals surface area contributed by atoms with Crippen molar-refractivity contribution in [3.8, 4) is 5.88 Å². The minimum atomic E-state index is -4.88. The number of furan rings is 1. The van der Waals surface area contributed by atoms with Gasteiger partial charge in [-0.3, -0.25) is 14.4 Å². The van der Waals surface area contributed by atoms with Gasteiger partial charge in [-0.15, -0.1) is 0 Å². The lowest BCUT2D eigenvalue weighted by Crippen LogP contribution is -2.67. The zero-order valence-corrected chi connectivity index (χ0v) is 21.2. The molecule has 2 fully saturated rings. The molecule has 0 spiro atoms. The predicted molar refractivity (Wildman–Crippen MR) is 128 cm³/mol. The maximum absolute atomic E-state index is 14.2. The van der Waals surface area contributed by atoms with E-state index in [4.69, 9.17) is 13.9 Å². The van der Waals surface area contributed by atoms with Crippen molar-refractivity contribution in [2.75, 3.05) is 32.8 Å². The summed E-state index contributed by atoms with van der Waals surface area (Å²) in [5.41, 5.74) is 0.264. The van der Waals surface area contributed by atoms with Crippen molar-refractivity contribution < 1.29 is 45.8 Å². The number of likely N-dealkylation sites (tertiary alicyclic amines) is 1. The number of ether oxygens (including phenoxy) is 2. The highest BCUT2D eigenvalue weighted by atomic mass is 19.4. The molecule has 2 saturated heterocycles. The number of morpholine rings is 1. The highest BCUT2D eigenvalue weighted by Gasteiger charge is 2.62. The van der Waals surface area contributed by atoms with Crippen molar-refractivity contribution in [2.45, 2.75) is 31.7 Å². The maximum atomic E-state index is 14.2. The molecule has 1 aromatic carbocycles. The van der Waals surface area contributed by atoms with E-state index in [2.05, 4.69) is 5.10 Å². The first-order valence-electron chi connectivity index (χ1n) is 12.3. The molecule has 0 N–H and O–H groups in total. The molecule has 2 aliphatic heterocycles. The molecule has 40 heavy (non-hydrogen) atoms. The Morgan fingerprint density at radius 3 is 2.45 bits per heavy atom. The average Bonchev–Trinajstić information content (AvgIpc) is 3.55. The van der Waals surface area contributed by atoms with Crippen LogP contribution in [0.5, 0.6) is 5.88 Å². The zero-order chi connectivity index (χ0) is 28.6. The summed E-state index contributed by atoms with van der Waals surface area (Å²) in [5, 5.41) is 4.05. The molecule has 2 unspecified atom stereocenters. The summed E-state index contributed by atoms with van der Waals surface area (Å²) in [5.74, 6) is -4.56. The van der Waals surface area contributed by atoms with Crippen LogP contribution in [0.4, 0.5) is 17.6 Å². The maximum Gasteiger partial charge on any atom is 0.410 e. The van der Waals surface area contributed by atoms with Crippen LogP contribution in [-0.4, -0.2) is 82.4 Å². The summed E-state index contributed by atoms with van der Waals surface area (Å²) in [6.07, 6.45) is -3.61. The first-order valence-corrected chi connectivity index (χ1v) is 12.3. The Morgan fingerprint density at radius 2 is 1.82 bits per heavy atom. The van der Waals surface area contributed by atoms with Crippen molar-refractivity contribution in [3.63, 3.8) is 0 Å². The van der Waals surface area contributed by atoms with Gasteiger partial charge in [0.15, 0.2) is 0 Å². The number of benzene rings is 1. The van der Waals surface area contributed by atoms with Crippen molar-refractivity contribution in [1.29, 1.82) is 0 Å². The molecule has 2 amide bonds. The molecule has 2 aromatic heterocycles. The van der Waals surface area contributed by atoms with Gasteiger partial charge >= 0.3 is 6.18 Å². The zero-order valence-electron chi connectivity index (χ0n) is 21.2. The third-order valence-corrected chi connectivity index (χ3v) is 6.80. The number of carbonyl (C=O) groups excluding carboxylic acids is 3. The third-order valence-electron chi connectivity index (χ3n) is 6.80. The smallest absolute Gasteiger partial charge is 0.410 e. The van der Waals surface area contributed by atoms with E-state index in [0.29, 0.717) is 10.5 Å². The minimum Gasteiger partial charge on any atom is -0.473 e. The van der Waals surface area contributed by atoms with Crippen LogP contribution in [-0.2, 0) is 20.9 Å². The second kappa shape index (κ2) is 10.8. The van der Waals surface area contributed by atoms with Gasteiger partial charge in [-0.2, -0.15) is 23.0 Å². The van der Waals surface area contributed by atoms with Crippen molar-refractivity contribution in [2.24, 2.45) is 0 Å². The lowest BCUT2D eigenvalue weighted by Gasteiger charge is -2.47. The number of rotatable bonds is 7. The van der Waals surface area contributed by atoms with Crippen LogP contribution in [0.1, 0.15) is 33.3 Å². The molecular weight excluding hydrogens is 540 g/mol. The molecule has 212 valence electrons. The number of nitrogens with zero attached hydrogens (tertiary/aromatic N) is 4. The molecular formula is C26H24F4N4O6. The largest absolute Gasteiger partial charge is 0.473 e. The van der Waals surface area contributed by atoms with E-state index in [1.165, 1.54) is 48.4 Å². The summed E-state index contributed by atoms with van der Waals surface area (Å²) in [4.78, 5) is 40.7. The average molecular weight is 564 g/mol. The van der Waals surface area contributed by atoms with Gasteiger partial charge in [0.2, 0.25) is 17.7 Å². The summed E-state index contributed by atoms with van der Waals surface area (Å²) in [6.45, 7) is 1.56. The van der Waals surface area contributed by atoms with Crippen LogP contribution >= 0.6 is 0 Å². The fourth-order valence-corrected chi connectivity index (χ4v) is 4.68. The van der Waals surface area contributed by atoms with Crippen LogP contribution in [0, 0.1) is 12.7 Å². The Morgan fingerprint density at radius 1 is 1.12 bits per heavy atom. The molecule has 4 heterocycles. The second-order valence-electron chi connectivity index (χ2n) is 9.35. The van der Waals surface area contributed by atoms with Crippen LogP contribution in [0.15, 0.2) is 47.1 Å². The van der Waals surface area contributed by atoms with Crippen LogP contribution in [0.25, 0.3) is 0 Å². The van der Waals surface area contributed by atoms with Gasteiger partial charge in [0.25, 0.3) is 5.91 Å². The van der Waals surface area contributed by atoms with Gasteiger partial charge in [-0.25, -0.2) is 4.39 Å². The molecule has 3 aromatic rings. The highest BCUT2D eigenvalue weighted by molar-refractivity contribution is 5.98. The number of amides is 2. The number of halogens is 4. The van der Waals surface area contributed by atoms with Gasteiger partial charge in [0, 0.05) is 19.2 Å². The molecule has 14 heteroatoms. The molecule has 10 nitrogen and oxygen atoms in total. The number of carbonyl (C=O) groups is 3. The Kier molecular flexibility index (Phi) is 7.36. The van der Waals surface area contributed by atoms with E-state index in [1.807, 2.05) is 0 Å². The van der Waals surface area contributed by atoms with Gasteiger partial charge < -0.3 is 23.7 Å². The predicted octanol–water partition coefficient (Wildman–Crippen LogP) is 2.91. The van der Waals surface area contributed by atoms with Crippen molar-refractivity contribution in [1.82, 2.24) is 19.6 Å². The second-order valence-corrected chi connectivity index (χ2v) is 9.35. The first-order chi connectivity index (χ1) is 19.0. The Balaban J connectivity index is 1.43. The number of alkyl halides is 3. The molecule has 2 aliphatic rings. The van der Waals surface area contributed by atoms with Crippen LogP contribution in [0.2, 0.25) is 0 Å². The van der Waals surface area contributed by atoms with Gasteiger partial charge in [0.1, 0.15) is 36.7 Å². The van der Waals surface area contributed by atoms with Crippen molar-refractivity contribution in [3.05, 3.63) is 71.1 Å². The summed E-state index contributed by atoms with van der Waals surface area (Å²) in [7, 11) is 0. The molecule has 5 rings (SSSR count). The number of aryl methyl sites for hydroxylation is 1. The monoisotopic (exact) mass is 564 g/mol. The molecule has 0 bridgehead atoms. The molecule has 2 atom stereocenters. The van der Waals surface area contributed by atoms with E-state index in [-0.39, 0.29) is 55.8 Å². The number of hydrogen-bond donors (Lipinski definition) is 0. The molecule has 0 radical (unpaired) electrons. The normalized spacial score (nSPS) is 19.5. The standard InChI is InChI=1S/C26H24F4N4O6/c1-15-18(6-9-39-15)24(36)34-21(40-14-16-2-4-17(27)5-3-16)12-19(31-34)22-23(26(28,29)30)33(25(22)37)13-20(35)32-7-10-38-11-8-32/h2-6,9,12,22-23H,7-8,10-11,13-14H2,1H3. The number of hydrogen-bond acceptors (Lipinski definition) is 7. The number of β-lactam (4-membered cyclic amide) rings is 1. The fourth-order valence-electron chi connectivity index (χ4n) is 4.68. The van der Waals surface area contributed by atoms with E-state index in [0.717, 1.165) is 10.7 Å². The Hall–Kier alpha value is -4.20. The highest BCUT2D eigenvalue weighted by Crippen LogP contribution is 2.45. The topological polar surface area (TPSA) is 107 Å². The lowest BCUT2D eigenvalue weighted by molar-refractivity contribution is -0.221.